The van der Waals surface area contributed by atoms with Crippen LogP contribution in [0.4, 0.5) is 10.1 Å². The van der Waals surface area contributed by atoms with E-state index in [9.17, 15) is 14.0 Å². The van der Waals surface area contributed by atoms with Crippen molar-refractivity contribution in [2.45, 2.75) is 19.8 Å². The van der Waals surface area contributed by atoms with E-state index in [1.807, 2.05) is 0 Å². The molecule has 0 atom stereocenters. The van der Waals surface area contributed by atoms with Gasteiger partial charge in [-0.1, -0.05) is 13.0 Å². The highest BCUT2D eigenvalue weighted by Crippen LogP contribution is 2.26. The van der Waals surface area contributed by atoms with Crippen molar-refractivity contribution in [3.05, 3.63) is 66.0 Å². The number of Topliss-reactive ketones (excluding diaryl/α,β-unsaturated/α-hetero) is 1. The summed E-state index contributed by atoms with van der Waals surface area (Å²) in [6.45, 7) is 1.75. The van der Waals surface area contributed by atoms with Gasteiger partial charge < -0.3 is 4.90 Å². The molecule has 0 aliphatic rings. The fourth-order valence-electron chi connectivity index (χ4n) is 2.69. The molecule has 1 aromatic carbocycles. The molecule has 7 heteroatoms. The molecule has 1 N–H and O–H groups in total. The van der Waals surface area contributed by atoms with Crippen LogP contribution >= 0.6 is 0 Å². The summed E-state index contributed by atoms with van der Waals surface area (Å²) in [5.41, 5.74) is 2.41. The third-order valence-corrected chi connectivity index (χ3v) is 4.29. The number of aromatic amines is 1. The fraction of sp³-hybridized carbons (Fsp3) is 0.200. The third kappa shape index (κ3) is 4.08. The van der Waals surface area contributed by atoms with Crippen LogP contribution in [-0.4, -0.2) is 33.9 Å². The SMILES string of the molecule is CCC(=O)N(C)c1ccc(-c2ccc(C(=O)Cc3ccn[nH]3)nc2)c(F)c1. The summed E-state index contributed by atoms with van der Waals surface area (Å²) in [5, 5.41) is 6.54. The van der Waals surface area contributed by atoms with Gasteiger partial charge in [-0.05, 0) is 30.3 Å². The standard InChI is InChI=1S/C20H19FN4O2/c1-3-20(27)25(2)15-5-6-16(17(21)11-15)13-4-7-18(22-12-13)19(26)10-14-8-9-23-24-14/h4-9,11-12H,3,10H2,1-2H3,(H,23,24). The summed E-state index contributed by atoms with van der Waals surface area (Å²) in [5.74, 6) is -0.702. The van der Waals surface area contributed by atoms with Crippen LogP contribution in [0, 0.1) is 5.82 Å². The van der Waals surface area contributed by atoms with Gasteiger partial charge in [0.15, 0.2) is 5.78 Å². The van der Waals surface area contributed by atoms with Gasteiger partial charge in [0.05, 0.1) is 6.42 Å². The molecular formula is C20H19FN4O2. The number of carbonyl (C=O) groups excluding carboxylic acids is 2. The van der Waals surface area contributed by atoms with Crippen LogP contribution in [0.15, 0.2) is 48.8 Å². The number of halogens is 1. The van der Waals surface area contributed by atoms with Crippen molar-refractivity contribution >= 4 is 17.4 Å². The van der Waals surface area contributed by atoms with Gasteiger partial charge in [0.1, 0.15) is 11.5 Å². The molecule has 0 saturated heterocycles. The van der Waals surface area contributed by atoms with E-state index in [1.54, 1.807) is 50.5 Å². The van der Waals surface area contributed by atoms with Crippen molar-refractivity contribution in [1.82, 2.24) is 15.2 Å². The van der Waals surface area contributed by atoms with Gasteiger partial charge >= 0.3 is 0 Å². The maximum Gasteiger partial charge on any atom is 0.226 e. The monoisotopic (exact) mass is 366 g/mol. The smallest absolute Gasteiger partial charge is 0.226 e. The summed E-state index contributed by atoms with van der Waals surface area (Å²) in [7, 11) is 1.61. The Morgan fingerprint density at radius 3 is 2.59 bits per heavy atom. The van der Waals surface area contributed by atoms with Gasteiger partial charge in [0.25, 0.3) is 0 Å². The number of anilines is 1. The average molecular weight is 366 g/mol. The second-order valence-electron chi connectivity index (χ2n) is 6.08. The molecule has 0 saturated carbocycles. The van der Waals surface area contributed by atoms with Gasteiger partial charge in [-0.15, -0.1) is 0 Å². The quantitative estimate of drug-likeness (QED) is 0.678. The number of nitrogens with one attached hydrogen (secondary N) is 1. The number of benzene rings is 1. The Balaban J connectivity index is 1.78. The van der Waals surface area contributed by atoms with E-state index >= 15 is 0 Å². The molecule has 0 radical (unpaired) electrons. The average Bonchev–Trinajstić information content (AvgIpc) is 3.19. The maximum absolute atomic E-state index is 14.5. The lowest BCUT2D eigenvalue weighted by Gasteiger charge is -2.17. The van der Waals surface area contributed by atoms with E-state index in [2.05, 4.69) is 15.2 Å². The first-order valence-corrected chi connectivity index (χ1v) is 8.53. The summed E-state index contributed by atoms with van der Waals surface area (Å²) >= 11 is 0. The lowest BCUT2D eigenvalue weighted by atomic mass is 10.0. The Kier molecular flexibility index (Phi) is 5.40. The Hall–Kier alpha value is -3.35. The van der Waals surface area contributed by atoms with Gasteiger partial charge in [-0.3, -0.25) is 19.7 Å². The lowest BCUT2D eigenvalue weighted by Crippen LogP contribution is -2.25. The summed E-state index contributed by atoms with van der Waals surface area (Å²) in [6, 6.07) is 9.57. The zero-order valence-electron chi connectivity index (χ0n) is 15.1. The van der Waals surface area contributed by atoms with Crippen molar-refractivity contribution in [1.29, 1.82) is 0 Å². The third-order valence-electron chi connectivity index (χ3n) is 4.29. The molecule has 2 heterocycles. The highest BCUT2D eigenvalue weighted by atomic mass is 19.1. The molecule has 3 rings (SSSR count). The molecule has 0 bridgehead atoms. The maximum atomic E-state index is 14.5. The number of amides is 1. The molecule has 0 aliphatic carbocycles. The highest BCUT2D eigenvalue weighted by molar-refractivity contribution is 5.96. The topological polar surface area (TPSA) is 79.0 Å². The van der Waals surface area contributed by atoms with Crippen LogP contribution in [0.5, 0.6) is 0 Å². The van der Waals surface area contributed by atoms with Crippen LogP contribution in [0.1, 0.15) is 29.5 Å². The van der Waals surface area contributed by atoms with Crippen LogP contribution in [0.3, 0.4) is 0 Å². The van der Waals surface area contributed by atoms with Crippen molar-refractivity contribution in [3.63, 3.8) is 0 Å². The van der Waals surface area contributed by atoms with E-state index in [-0.39, 0.29) is 18.1 Å². The van der Waals surface area contributed by atoms with E-state index in [4.69, 9.17) is 0 Å². The Morgan fingerprint density at radius 1 is 1.19 bits per heavy atom. The Labute approximate surface area is 156 Å². The summed E-state index contributed by atoms with van der Waals surface area (Å²) in [4.78, 5) is 29.5. The van der Waals surface area contributed by atoms with Gasteiger partial charge in [-0.2, -0.15) is 5.10 Å². The Bertz CT molecular complexity index is 953. The molecule has 27 heavy (non-hydrogen) atoms. The molecule has 0 aliphatic heterocycles. The predicted octanol–water partition coefficient (Wildman–Crippen LogP) is 3.41. The van der Waals surface area contributed by atoms with E-state index in [0.717, 1.165) is 0 Å². The molecule has 2 aromatic heterocycles. The molecule has 6 nitrogen and oxygen atoms in total. The Morgan fingerprint density at radius 2 is 2.00 bits per heavy atom. The summed E-state index contributed by atoms with van der Waals surface area (Å²) in [6.07, 6.45) is 3.57. The molecule has 0 fully saturated rings. The first kappa shape index (κ1) is 18.4. The van der Waals surface area contributed by atoms with Crippen molar-refractivity contribution in [2.24, 2.45) is 0 Å². The predicted molar refractivity (Wildman–Crippen MR) is 100.0 cm³/mol. The van der Waals surface area contributed by atoms with Crippen LogP contribution in [0.25, 0.3) is 11.1 Å². The summed E-state index contributed by atoms with van der Waals surface area (Å²) < 4.78 is 14.5. The van der Waals surface area contributed by atoms with Crippen LogP contribution in [-0.2, 0) is 11.2 Å². The van der Waals surface area contributed by atoms with Crippen molar-refractivity contribution < 1.29 is 14.0 Å². The van der Waals surface area contributed by atoms with E-state index in [1.165, 1.54) is 17.2 Å². The first-order chi connectivity index (χ1) is 13.0. The van der Waals surface area contributed by atoms with Gasteiger partial charge in [0, 0.05) is 48.4 Å². The molecule has 3 aromatic rings. The van der Waals surface area contributed by atoms with Gasteiger partial charge in [-0.25, -0.2) is 4.39 Å². The number of nitrogens with zero attached hydrogens (tertiary/aromatic N) is 3. The number of aromatic nitrogens is 3. The number of pyridine rings is 1. The zero-order chi connectivity index (χ0) is 19.4. The highest BCUT2D eigenvalue weighted by Gasteiger charge is 2.14. The first-order valence-electron chi connectivity index (χ1n) is 8.53. The molecular weight excluding hydrogens is 347 g/mol. The normalized spacial score (nSPS) is 10.6. The molecule has 0 spiro atoms. The van der Waals surface area contributed by atoms with Crippen molar-refractivity contribution in [3.8, 4) is 11.1 Å². The number of rotatable bonds is 6. The zero-order valence-corrected chi connectivity index (χ0v) is 15.1. The lowest BCUT2D eigenvalue weighted by molar-refractivity contribution is -0.118. The molecule has 138 valence electrons. The minimum atomic E-state index is -0.457. The molecule has 1 amide bonds. The minimum Gasteiger partial charge on any atom is -0.315 e. The number of ketones is 1. The number of carbonyl (C=O) groups is 2. The fourth-order valence-corrected chi connectivity index (χ4v) is 2.69. The minimum absolute atomic E-state index is 0.0936. The second-order valence-corrected chi connectivity index (χ2v) is 6.08. The largest absolute Gasteiger partial charge is 0.315 e. The second kappa shape index (κ2) is 7.90. The number of H-pyrrole nitrogens is 1. The van der Waals surface area contributed by atoms with Crippen LogP contribution < -0.4 is 4.90 Å². The van der Waals surface area contributed by atoms with E-state index in [0.29, 0.717) is 34.6 Å². The number of hydrogen-bond donors (Lipinski definition) is 1. The molecule has 0 unspecified atom stereocenters. The van der Waals surface area contributed by atoms with Crippen molar-refractivity contribution in [2.75, 3.05) is 11.9 Å². The van der Waals surface area contributed by atoms with Crippen LogP contribution in [0.2, 0.25) is 0 Å². The van der Waals surface area contributed by atoms with E-state index < -0.39 is 5.82 Å². The van der Waals surface area contributed by atoms with Gasteiger partial charge in [0.2, 0.25) is 5.91 Å². The number of hydrogen-bond acceptors (Lipinski definition) is 4.